The van der Waals surface area contributed by atoms with Gasteiger partial charge in [0.05, 0.1) is 6.54 Å². The van der Waals surface area contributed by atoms with Gasteiger partial charge in [-0.3, -0.25) is 0 Å². The summed E-state index contributed by atoms with van der Waals surface area (Å²) in [6, 6.07) is 7.66. The topological polar surface area (TPSA) is 58.0 Å². The Morgan fingerprint density at radius 2 is 2.06 bits per heavy atom. The summed E-state index contributed by atoms with van der Waals surface area (Å²) in [7, 11) is 0. The Morgan fingerprint density at radius 1 is 1.41 bits per heavy atom. The van der Waals surface area contributed by atoms with Crippen LogP contribution in [-0.2, 0) is 6.54 Å². The van der Waals surface area contributed by atoms with E-state index in [0.717, 1.165) is 10.0 Å². The SMILES string of the molecule is O=C(O)c1c[nH]c(=S)n1Cc1ccc(Br)cc1. The normalized spacial score (nSPS) is 10.4. The van der Waals surface area contributed by atoms with Crippen molar-refractivity contribution in [1.29, 1.82) is 0 Å². The minimum absolute atomic E-state index is 0.165. The third-order valence-corrected chi connectivity index (χ3v) is 3.21. The first-order valence-corrected chi connectivity index (χ1v) is 6.04. The van der Waals surface area contributed by atoms with Gasteiger partial charge in [-0.2, -0.15) is 0 Å². The first-order chi connectivity index (χ1) is 8.08. The maximum atomic E-state index is 11.0. The lowest BCUT2D eigenvalue weighted by Gasteiger charge is -2.05. The van der Waals surface area contributed by atoms with Crippen LogP contribution in [0.2, 0.25) is 0 Å². The summed E-state index contributed by atoms with van der Waals surface area (Å²) in [6.45, 7) is 0.442. The monoisotopic (exact) mass is 312 g/mol. The van der Waals surface area contributed by atoms with Gasteiger partial charge >= 0.3 is 5.97 Å². The number of aromatic nitrogens is 2. The van der Waals surface area contributed by atoms with E-state index < -0.39 is 5.97 Å². The molecule has 0 bridgehead atoms. The summed E-state index contributed by atoms with van der Waals surface area (Å²) in [5.41, 5.74) is 1.16. The predicted molar refractivity (Wildman–Crippen MR) is 69.8 cm³/mol. The van der Waals surface area contributed by atoms with Crippen molar-refractivity contribution in [3.8, 4) is 0 Å². The van der Waals surface area contributed by atoms with Gasteiger partial charge in [0.15, 0.2) is 4.77 Å². The number of nitrogens with zero attached hydrogens (tertiary/aromatic N) is 1. The highest BCUT2D eigenvalue weighted by Crippen LogP contribution is 2.13. The van der Waals surface area contributed by atoms with Crippen molar-refractivity contribution in [3.63, 3.8) is 0 Å². The number of aromatic amines is 1. The van der Waals surface area contributed by atoms with Crippen LogP contribution in [0.15, 0.2) is 34.9 Å². The van der Waals surface area contributed by atoms with Gasteiger partial charge in [-0.1, -0.05) is 28.1 Å². The standard InChI is InChI=1S/C11H9BrN2O2S/c12-8-3-1-7(2-4-8)6-14-9(10(15)16)5-13-11(14)17/h1-5H,6H2,(H,13,17)(H,15,16). The molecule has 0 fully saturated rings. The zero-order valence-electron chi connectivity index (χ0n) is 8.68. The lowest BCUT2D eigenvalue weighted by molar-refractivity contribution is 0.0685. The molecule has 0 radical (unpaired) electrons. The Labute approximate surface area is 111 Å². The lowest BCUT2D eigenvalue weighted by atomic mass is 10.2. The summed E-state index contributed by atoms with van der Waals surface area (Å²) < 4.78 is 2.95. The van der Waals surface area contributed by atoms with Crippen LogP contribution >= 0.6 is 28.1 Å². The molecule has 0 aliphatic carbocycles. The summed E-state index contributed by atoms with van der Waals surface area (Å²) >= 11 is 8.40. The van der Waals surface area contributed by atoms with Crippen LogP contribution in [0.1, 0.15) is 16.1 Å². The van der Waals surface area contributed by atoms with E-state index in [9.17, 15) is 4.79 Å². The molecule has 6 heteroatoms. The fraction of sp³-hybridized carbons (Fsp3) is 0.0909. The van der Waals surface area contributed by atoms with Crippen molar-refractivity contribution in [2.45, 2.75) is 6.54 Å². The highest BCUT2D eigenvalue weighted by molar-refractivity contribution is 9.10. The quantitative estimate of drug-likeness (QED) is 0.856. The van der Waals surface area contributed by atoms with Crippen LogP contribution in [0.25, 0.3) is 0 Å². The van der Waals surface area contributed by atoms with E-state index in [1.165, 1.54) is 6.20 Å². The molecule has 2 aromatic rings. The minimum atomic E-state index is -0.991. The van der Waals surface area contributed by atoms with Gasteiger partial charge in [0.25, 0.3) is 0 Å². The predicted octanol–water partition coefficient (Wildman–Crippen LogP) is 3.05. The molecule has 0 atom stereocenters. The van der Waals surface area contributed by atoms with Crippen molar-refractivity contribution < 1.29 is 9.90 Å². The zero-order valence-corrected chi connectivity index (χ0v) is 11.1. The maximum absolute atomic E-state index is 11.0. The van der Waals surface area contributed by atoms with E-state index in [-0.39, 0.29) is 5.69 Å². The minimum Gasteiger partial charge on any atom is -0.477 e. The molecule has 1 aromatic carbocycles. The summed E-state index contributed by atoms with van der Waals surface area (Å²) in [5, 5.41) is 9.01. The molecule has 1 heterocycles. The van der Waals surface area contributed by atoms with Crippen LogP contribution in [-0.4, -0.2) is 20.6 Å². The smallest absolute Gasteiger partial charge is 0.354 e. The maximum Gasteiger partial charge on any atom is 0.354 e. The number of benzene rings is 1. The Bertz CT molecular complexity index is 601. The number of carbonyl (C=O) groups is 1. The van der Waals surface area contributed by atoms with Crippen molar-refractivity contribution in [3.05, 3.63) is 51.0 Å². The van der Waals surface area contributed by atoms with Crippen LogP contribution in [0.4, 0.5) is 0 Å². The molecule has 2 rings (SSSR count). The van der Waals surface area contributed by atoms with Gasteiger partial charge in [-0.25, -0.2) is 4.79 Å². The molecule has 88 valence electrons. The summed E-state index contributed by atoms with van der Waals surface area (Å²) in [6.07, 6.45) is 1.41. The Kier molecular flexibility index (Phi) is 3.44. The van der Waals surface area contributed by atoms with E-state index in [0.29, 0.717) is 11.3 Å². The van der Waals surface area contributed by atoms with Gasteiger partial charge in [-0.15, -0.1) is 0 Å². The Hall–Kier alpha value is -1.40. The number of aromatic carboxylic acids is 1. The van der Waals surface area contributed by atoms with E-state index in [1.807, 2.05) is 24.3 Å². The Morgan fingerprint density at radius 3 is 2.65 bits per heavy atom. The number of halogens is 1. The molecular formula is C11H9BrN2O2S. The molecule has 0 aliphatic heterocycles. The summed E-state index contributed by atoms with van der Waals surface area (Å²) in [4.78, 5) is 13.7. The van der Waals surface area contributed by atoms with Crippen LogP contribution in [0.5, 0.6) is 0 Å². The van der Waals surface area contributed by atoms with Crippen molar-refractivity contribution in [2.75, 3.05) is 0 Å². The zero-order chi connectivity index (χ0) is 12.4. The largest absolute Gasteiger partial charge is 0.477 e. The number of hydrogen-bond acceptors (Lipinski definition) is 2. The second kappa shape index (κ2) is 4.85. The molecule has 1 aromatic heterocycles. The molecule has 4 nitrogen and oxygen atoms in total. The molecule has 2 N–H and O–H groups in total. The number of rotatable bonds is 3. The number of carboxylic acids is 1. The van der Waals surface area contributed by atoms with Gasteiger partial charge < -0.3 is 14.7 Å². The van der Waals surface area contributed by atoms with E-state index in [2.05, 4.69) is 20.9 Å². The molecule has 0 saturated heterocycles. The van der Waals surface area contributed by atoms with Crippen LogP contribution in [0.3, 0.4) is 0 Å². The number of nitrogens with one attached hydrogen (secondary N) is 1. The number of hydrogen-bond donors (Lipinski definition) is 2. The number of carboxylic acid groups (broad SMARTS) is 1. The van der Waals surface area contributed by atoms with E-state index in [4.69, 9.17) is 17.3 Å². The molecule has 0 saturated carbocycles. The third-order valence-electron chi connectivity index (χ3n) is 2.34. The second-order valence-corrected chi connectivity index (χ2v) is 4.80. The van der Waals surface area contributed by atoms with Crippen molar-refractivity contribution in [1.82, 2.24) is 9.55 Å². The van der Waals surface area contributed by atoms with Crippen LogP contribution in [0, 0.1) is 4.77 Å². The number of imidazole rings is 1. The molecular weight excluding hydrogens is 304 g/mol. The van der Waals surface area contributed by atoms with Crippen molar-refractivity contribution >= 4 is 34.1 Å². The second-order valence-electron chi connectivity index (χ2n) is 3.50. The van der Waals surface area contributed by atoms with Gasteiger partial charge in [0, 0.05) is 10.7 Å². The van der Waals surface area contributed by atoms with Crippen molar-refractivity contribution in [2.24, 2.45) is 0 Å². The average molecular weight is 313 g/mol. The fourth-order valence-corrected chi connectivity index (χ4v) is 1.99. The van der Waals surface area contributed by atoms with Gasteiger partial charge in [0.2, 0.25) is 0 Å². The Balaban J connectivity index is 2.36. The molecule has 17 heavy (non-hydrogen) atoms. The van der Waals surface area contributed by atoms with Crippen LogP contribution < -0.4 is 0 Å². The molecule has 0 unspecified atom stereocenters. The van der Waals surface area contributed by atoms with Gasteiger partial charge in [0.1, 0.15) is 5.69 Å². The lowest BCUT2D eigenvalue weighted by Crippen LogP contribution is -2.09. The third kappa shape index (κ3) is 2.65. The molecule has 0 amide bonds. The van der Waals surface area contributed by atoms with Gasteiger partial charge in [-0.05, 0) is 29.9 Å². The highest BCUT2D eigenvalue weighted by atomic mass is 79.9. The molecule has 0 spiro atoms. The van der Waals surface area contributed by atoms with E-state index >= 15 is 0 Å². The van der Waals surface area contributed by atoms with E-state index in [1.54, 1.807) is 4.57 Å². The summed E-state index contributed by atoms with van der Waals surface area (Å²) in [5.74, 6) is -0.991. The number of H-pyrrole nitrogens is 1. The first kappa shape index (κ1) is 12.1. The fourth-order valence-electron chi connectivity index (χ4n) is 1.50. The molecule has 0 aliphatic rings. The first-order valence-electron chi connectivity index (χ1n) is 4.84. The average Bonchev–Trinajstić information content (AvgIpc) is 2.64. The highest BCUT2D eigenvalue weighted by Gasteiger charge is 2.11.